The third-order valence-electron chi connectivity index (χ3n) is 4.74. The molecule has 5 nitrogen and oxygen atoms in total. The lowest BCUT2D eigenvalue weighted by atomic mass is 10.0. The molecule has 0 spiro atoms. The fourth-order valence-electron chi connectivity index (χ4n) is 3.29. The number of carbonyl (C=O) groups excluding carboxylic acids is 1. The minimum absolute atomic E-state index is 0.0869. The van der Waals surface area contributed by atoms with Gasteiger partial charge in [0.1, 0.15) is 5.75 Å². The molecule has 0 radical (unpaired) electrons. The van der Waals surface area contributed by atoms with E-state index >= 15 is 0 Å². The van der Waals surface area contributed by atoms with Gasteiger partial charge in [-0.2, -0.15) is 0 Å². The second-order valence-corrected chi connectivity index (χ2v) is 6.85. The summed E-state index contributed by atoms with van der Waals surface area (Å²) < 4.78 is 31.7. The molecule has 1 aliphatic rings. The minimum atomic E-state index is -0.829. The van der Waals surface area contributed by atoms with E-state index in [-0.39, 0.29) is 12.1 Å². The van der Waals surface area contributed by atoms with E-state index < -0.39 is 11.6 Å². The molecule has 0 saturated carbocycles. The average Bonchev–Trinajstić information content (AvgIpc) is 2.68. The van der Waals surface area contributed by atoms with Crippen molar-refractivity contribution in [2.75, 3.05) is 25.0 Å². The Morgan fingerprint density at radius 3 is 2.46 bits per heavy atom. The number of benzene rings is 2. The third kappa shape index (κ3) is 5.66. The Morgan fingerprint density at radius 2 is 1.82 bits per heavy atom. The topological polar surface area (TPSA) is 53.6 Å². The number of rotatable bonds is 6. The highest BCUT2D eigenvalue weighted by Crippen LogP contribution is 2.17. The van der Waals surface area contributed by atoms with Crippen molar-refractivity contribution in [1.29, 1.82) is 0 Å². The summed E-state index contributed by atoms with van der Waals surface area (Å²) in [4.78, 5) is 14.4. The van der Waals surface area contributed by atoms with Gasteiger partial charge >= 0.3 is 6.03 Å². The van der Waals surface area contributed by atoms with Crippen molar-refractivity contribution in [2.45, 2.75) is 32.4 Å². The van der Waals surface area contributed by atoms with Crippen LogP contribution in [-0.2, 0) is 6.54 Å². The maximum Gasteiger partial charge on any atom is 0.319 e. The van der Waals surface area contributed by atoms with Crippen LogP contribution in [0.25, 0.3) is 0 Å². The van der Waals surface area contributed by atoms with Crippen LogP contribution in [0, 0.1) is 11.6 Å². The van der Waals surface area contributed by atoms with E-state index in [0.717, 1.165) is 43.3 Å². The van der Waals surface area contributed by atoms with Gasteiger partial charge in [0.2, 0.25) is 0 Å². The first-order valence-corrected chi connectivity index (χ1v) is 9.50. The zero-order valence-electron chi connectivity index (χ0n) is 15.9. The molecule has 2 aromatic carbocycles. The summed E-state index contributed by atoms with van der Waals surface area (Å²) in [6, 6.07) is 11.1. The Morgan fingerprint density at radius 1 is 1.11 bits per heavy atom. The van der Waals surface area contributed by atoms with Crippen molar-refractivity contribution in [3.63, 3.8) is 0 Å². The Hall–Kier alpha value is -2.67. The second-order valence-electron chi connectivity index (χ2n) is 6.85. The number of likely N-dealkylation sites (tertiary alicyclic amines) is 1. The van der Waals surface area contributed by atoms with Crippen molar-refractivity contribution < 1.29 is 18.3 Å². The van der Waals surface area contributed by atoms with Gasteiger partial charge in [-0.15, -0.1) is 0 Å². The molecule has 28 heavy (non-hydrogen) atoms. The number of carbonyl (C=O) groups is 1. The fourth-order valence-corrected chi connectivity index (χ4v) is 3.29. The summed E-state index contributed by atoms with van der Waals surface area (Å²) in [7, 11) is 0. The Balaban J connectivity index is 1.42. The van der Waals surface area contributed by atoms with E-state index in [9.17, 15) is 13.6 Å². The Bertz CT molecular complexity index is 791. The first-order valence-electron chi connectivity index (χ1n) is 9.50. The van der Waals surface area contributed by atoms with Gasteiger partial charge in [-0.1, -0.05) is 6.07 Å². The van der Waals surface area contributed by atoms with Crippen LogP contribution in [0.2, 0.25) is 0 Å². The van der Waals surface area contributed by atoms with Crippen molar-refractivity contribution in [1.82, 2.24) is 10.2 Å². The summed E-state index contributed by atoms with van der Waals surface area (Å²) in [5.74, 6) is -0.882. The molecule has 1 heterocycles. The summed E-state index contributed by atoms with van der Waals surface area (Å²) >= 11 is 0. The molecule has 2 aromatic rings. The molecule has 0 bridgehead atoms. The number of amides is 2. The van der Waals surface area contributed by atoms with Crippen molar-refractivity contribution in [3.05, 3.63) is 59.7 Å². The molecule has 0 atom stereocenters. The number of halogens is 2. The van der Waals surface area contributed by atoms with Crippen LogP contribution in [0.5, 0.6) is 5.75 Å². The zero-order valence-corrected chi connectivity index (χ0v) is 15.9. The molecular weight excluding hydrogens is 364 g/mol. The molecule has 0 aromatic heterocycles. The molecule has 7 heteroatoms. The van der Waals surface area contributed by atoms with Crippen molar-refractivity contribution in [3.8, 4) is 5.75 Å². The zero-order chi connectivity index (χ0) is 19.9. The summed E-state index contributed by atoms with van der Waals surface area (Å²) in [6.45, 7) is 4.66. The average molecular weight is 389 g/mol. The SMILES string of the molecule is CCOc1ccc(NC(=O)NC2CCN(Cc3ccc(F)c(F)c3)CC2)cc1. The largest absolute Gasteiger partial charge is 0.494 e. The minimum Gasteiger partial charge on any atom is -0.494 e. The van der Waals surface area contributed by atoms with Gasteiger partial charge in [0.25, 0.3) is 0 Å². The van der Waals surface area contributed by atoms with Crippen LogP contribution in [0.15, 0.2) is 42.5 Å². The molecule has 1 saturated heterocycles. The van der Waals surface area contributed by atoms with Gasteiger partial charge in [0, 0.05) is 31.4 Å². The number of piperidine rings is 1. The lowest BCUT2D eigenvalue weighted by Crippen LogP contribution is -2.45. The number of hydrogen-bond donors (Lipinski definition) is 2. The first kappa shape index (κ1) is 20.1. The van der Waals surface area contributed by atoms with Gasteiger partial charge in [0.15, 0.2) is 11.6 Å². The van der Waals surface area contributed by atoms with Gasteiger partial charge in [-0.05, 0) is 61.7 Å². The quantitative estimate of drug-likeness (QED) is 0.780. The van der Waals surface area contributed by atoms with Crippen LogP contribution < -0.4 is 15.4 Å². The third-order valence-corrected chi connectivity index (χ3v) is 4.74. The van der Waals surface area contributed by atoms with E-state index in [4.69, 9.17) is 4.74 Å². The van der Waals surface area contributed by atoms with E-state index in [1.807, 2.05) is 19.1 Å². The van der Waals surface area contributed by atoms with Crippen molar-refractivity contribution in [2.24, 2.45) is 0 Å². The predicted octanol–water partition coefficient (Wildman–Crippen LogP) is 4.15. The van der Waals surface area contributed by atoms with E-state index in [1.54, 1.807) is 18.2 Å². The number of nitrogens with one attached hydrogen (secondary N) is 2. The Kier molecular flexibility index (Phi) is 6.81. The molecule has 1 fully saturated rings. The van der Waals surface area contributed by atoms with Gasteiger partial charge in [-0.3, -0.25) is 4.90 Å². The van der Waals surface area contributed by atoms with Crippen molar-refractivity contribution >= 4 is 11.7 Å². The first-order chi connectivity index (χ1) is 13.5. The molecule has 2 amide bonds. The Labute approximate surface area is 163 Å². The number of urea groups is 1. The van der Waals surface area contributed by atoms with Gasteiger partial charge < -0.3 is 15.4 Å². The molecule has 1 aliphatic heterocycles. The highest BCUT2D eigenvalue weighted by molar-refractivity contribution is 5.89. The summed E-state index contributed by atoms with van der Waals surface area (Å²) in [5, 5.41) is 5.82. The number of nitrogens with zero attached hydrogens (tertiary/aromatic N) is 1. The van der Waals surface area contributed by atoms with E-state index in [2.05, 4.69) is 15.5 Å². The lowest BCUT2D eigenvalue weighted by molar-refractivity contribution is 0.189. The van der Waals surface area contributed by atoms with Crippen LogP contribution >= 0.6 is 0 Å². The van der Waals surface area contributed by atoms with E-state index in [0.29, 0.717) is 18.8 Å². The number of hydrogen-bond acceptors (Lipinski definition) is 3. The molecule has 3 rings (SSSR count). The fraction of sp³-hybridized carbons (Fsp3) is 0.381. The molecule has 150 valence electrons. The van der Waals surface area contributed by atoms with Crippen LogP contribution in [0.4, 0.5) is 19.3 Å². The molecule has 2 N–H and O–H groups in total. The second kappa shape index (κ2) is 9.50. The van der Waals surface area contributed by atoms with E-state index in [1.165, 1.54) is 6.07 Å². The summed E-state index contributed by atoms with van der Waals surface area (Å²) in [6.07, 6.45) is 1.61. The molecule has 0 aliphatic carbocycles. The van der Waals surface area contributed by atoms with Gasteiger partial charge in [0.05, 0.1) is 6.61 Å². The maximum absolute atomic E-state index is 13.3. The maximum atomic E-state index is 13.3. The van der Waals surface area contributed by atoms with Crippen LogP contribution in [-0.4, -0.2) is 36.7 Å². The van der Waals surface area contributed by atoms with Crippen LogP contribution in [0.3, 0.4) is 0 Å². The number of ether oxygens (including phenoxy) is 1. The lowest BCUT2D eigenvalue weighted by Gasteiger charge is -2.32. The predicted molar refractivity (Wildman–Crippen MR) is 104 cm³/mol. The summed E-state index contributed by atoms with van der Waals surface area (Å²) in [5.41, 5.74) is 1.45. The highest BCUT2D eigenvalue weighted by Gasteiger charge is 2.21. The monoisotopic (exact) mass is 389 g/mol. The molecule has 0 unspecified atom stereocenters. The normalized spacial score (nSPS) is 15.2. The highest BCUT2D eigenvalue weighted by atomic mass is 19.2. The standard InChI is InChI=1S/C21H25F2N3O2/c1-2-28-18-6-4-16(5-7-18)24-21(27)25-17-9-11-26(12-10-17)14-15-3-8-19(22)20(23)13-15/h3-8,13,17H,2,9-12,14H2,1H3,(H2,24,25,27). The van der Waals surface area contributed by atoms with Crippen LogP contribution in [0.1, 0.15) is 25.3 Å². The smallest absolute Gasteiger partial charge is 0.319 e. The number of anilines is 1. The molecular formula is C21H25F2N3O2. The van der Waals surface area contributed by atoms with Gasteiger partial charge in [-0.25, -0.2) is 13.6 Å².